The third kappa shape index (κ3) is 4.42. The molecule has 1 aromatic rings. The van der Waals surface area contributed by atoms with E-state index in [0.29, 0.717) is 14.6 Å². The molecule has 0 saturated carbocycles. The standard InChI is InChI=1S/C11H16Br2N2O3S/c1-11(2,6-18-3)15-19(16,17)10-8(12)4-7(14)5-9(10)13/h4-5,15H,6,14H2,1-3H3. The average molecular weight is 416 g/mol. The highest BCUT2D eigenvalue weighted by molar-refractivity contribution is 9.11. The van der Waals surface area contributed by atoms with Gasteiger partial charge in [-0.1, -0.05) is 0 Å². The van der Waals surface area contributed by atoms with Gasteiger partial charge < -0.3 is 10.5 Å². The lowest BCUT2D eigenvalue weighted by Gasteiger charge is -2.25. The molecule has 0 atom stereocenters. The van der Waals surface area contributed by atoms with Crippen LogP contribution in [0.1, 0.15) is 13.8 Å². The highest BCUT2D eigenvalue weighted by atomic mass is 79.9. The fourth-order valence-corrected chi connectivity index (χ4v) is 5.66. The zero-order valence-corrected chi connectivity index (χ0v) is 14.8. The van der Waals surface area contributed by atoms with Crippen LogP contribution in [0.15, 0.2) is 26.0 Å². The molecule has 0 saturated heterocycles. The van der Waals surface area contributed by atoms with Crippen molar-refractivity contribution in [2.45, 2.75) is 24.3 Å². The summed E-state index contributed by atoms with van der Waals surface area (Å²) in [5.41, 5.74) is 5.40. The summed E-state index contributed by atoms with van der Waals surface area (Å²) in [5, 5.41) is 0. The lowest BCUT2D eigenvalue weighted by atomic mass is 10.1. The number of hydrogen-bond acceptors (Lipinski definition) is 4. The highest BCUT2D eigenvalue weighted by Gasteiger charge is 2.29. The van der Waals surface area contributed by atoms with E-state index in [4.69, 9.17) is 10.5 Å². The molecule has 0 aromatic heterocycles. The Morgan fingerprint density at radius 2 is 1.79 bits per heavy atom. The van der Waals surface area contributed by atoms with Crippen molar-refractivity contribution in [3.8, 4) is 0 Å². The number of benzene rings is 1. The quantitative estimate of drug-likeness (QED) is 0.723. The number of nitrogens with two attached hydrogens (primary N) is 1. The number of sulfonamides is 1. The van der Waals surface area contributed by atoms with E-state index in [9.17, 15) is 8.42 Å². The van der Waals surface area contributed by atoms with Gasteiger partial charge >= 0.3 is 0 Å². The summed E-state index contributed by atoms with van der Waals surface area (Å²) in [6.45, 7) is 3.75. The van der Waals surface area contributed by atoms with Gasteiger partial charge in [-0.3, -0.25) is 0 Å². The Morgan fingerprint density at radius 1 is 1.32 bits per heavy atom. The maximum atomic E-state index is 12.4. The molecule has 0 spiro atoms. The van der Waals surface area contributed by atoms with E-state index < -0.39 is 15.6 Å². The number of nitrogen functional groups attached to an aromatic ring is 1. The molecule has 0 radical (unpaired) electrons. The summed E-state index contributed by atoms with van der Waals surface area (Å²) < 4.78 is 33.2. The molecule has 0 fully saturated rings. The third-order valence-corrected chi connectivity index (χ3v) is 5.78. The highest BCUT2D eigenvalue weighted by Crippen LogP contribution is 2.32. The second-order valence-electron chi connectivity index (χ2n) is 4.74. The second kappa shape index (κ2) is 6.09. The lowest BCUT2D eigenvalue weighted by Crippen LogP contribution is -2.46. The van der Waals surface area contributed by atoms with Crippen LogP contribution in [0.3, 0.4) is 0 Å². The molecule has 0 bridgehead atoms. The number of rotatable bonds is 5. The van der Waals surface area contributed by atoms with Gasteiger partial charge in [0.15, 0.2) is 0 Å². The van der Waals surface area contributed by atoms with E-state index in [2.05, 4.69) is 36.6 Å². The zero-order chi connectivity index (χ0) is 14.8. The topological polar surface area (TPSA) is 81.4 Å². The largest absolute Gasteiger partial charge is 0.399 e. The third-order valence-electron chi connectivity index (χ3n) is 2.21. The van der Waals surface area contributed by atoms with Crippen molar-refractivity contribution in [2.24, 2.45) is 0 Å². The Labute approximate surface area is 130 Å². The molecular formula is C11H16Br2N2O3S. The number of nitrogens with one attached hydrogen (secondary N) is 1. The maximum Gasteiger partial charge on any atom is 0.243 e. The van der Waals surface area contributed by atoms with E-state index in [1.807, 2.05) is 0 Å². The first kappa shape index (κ1) is 16.9. The van der Waals surface area contributed by atoms with Gasteiger partial charge in [-0.15, -0.1) is 0 Å². The smallest absolute Gasteiger partial charge is 0.243 e. The number of ether oxygens (including phenoxy) is 1. The zero-order valence-electron chi connectivity index (χ0n) is 10.8. The molecule has 0 aliphatic carbocycles. The van der Waals surface area contributed by atoms with Crippen LogP contribution in [0.4, 0.5) is 5.69 Å². The molecule has 1 aromatic carbocycles. The molecular weight excluding hydrogens is 400 g/mol. The number of hydrogen-bond donors (Lipinski definition) is 2. The molecule has 108 valence electrons. The van der Waals surface area contributed by atoms with Gasteiger partial charge in [-0.2, -0.15) is 0 Å². The van der Waals surface area contributed by atoms with Crippen molar-refractivity contribution >= 4 is 47.6 Å². The van der Waals surface area contributed by atoms with Gasteiger partial charge in [-0.05, 0) is 57.8 Å². The van der Waals surface area contributed by atoms with Crippen molar-refractivity contribution in [3.63, 3.8) is 0 Å². The van der Waals surface area contributed by atoms with E-state index in [-0.39, 0.29) is 11.5 Å². The van der Waals surface area contributed by atoms with Crippen molar-refractivity contribution < 1.29 is 13.2 Å². The van der Waals surface area contributed by atoms with Crippen LogP contribution in [-0.4, -0.2) is 27.7 Å². The second-order valence-corrected chi connectivity index (χ2v) is 8.06. The molecule has 0 aliphatic rings. The summed E-state index contributed by atoms with van der Waals surface area (Å²) >= 11 is 6.44. The molecule has 0 amide bonds. The van der Waals surface area contributed by atoms with Crippen LogP contribution in [0.5, 0.6) is 0 Å². The van der Waals surface area contributed by atoms with Crippen molar-refractivity contribution in [2.75, 3.05) is 19.5 Å². The van der Waals surface area contributed by atoms with Gasteiger partial charge in [0, 0.05) is 21.7 Å². The predicted molar refractivity (Wildman–Crippen MR) is 82.5 cm³/mol. The van der Waals surface area contributed by atoms with Gasteiger partial charge in [0.05, 0.1) is 12.1 Å². The summed E-state index contributed by atoms with van der Waals surface area (Å²) in [5.74, 6) is 0. The minimum absolute atomic E-state index is 0.117. The monoisotopic (exact) mass is 414 g/mol. The van der Waals surface area contributed by atoms with E-state index >= 15 is 0 Å². The molecule has 3 N–H and O–H groups in total. The Hall–Kier alpha value is -0.150. The fourth-order valence-electron chi connectivity index (χ4n) is 1.64. The summed E-state index contributed by atoms with van der Waals surface area (Å²) in [7, 11) is -2.18. The normalized spacial score (nSPS) is 12.7. The maximum absolute atomic E-state index is 12.4. The van der Waals surface area contributed by atoms with Crippen LogP contribution in [-0.2, 0) is 14.8 Å². The van der Waals surface area contributed by atoms with Crippen LogP contribution in [0.2, 0.25) is 0 Å². The van der Waals surface area contributed by atoms with Gasteiger partial charge in [0.1, 0.15) is 4.90 Å². The fraction of sp³-hybridized carbons (Fsp3) is 0.455. The average Bonchev–Trinajstić information content (AvgIpc) is 2.11. The SMILES string of the molecule is COCC(C)(C)NS(=O)(=O)c1c(Br)cc(N)cc1Br. The summed E-state index contributed by atoms with van der Waals surface area (Å²) in [6.07, 6.45) is 0. The molecule has 0 unspecified atom stereocenters. The number of halogens is 2. The summed E-state index contributed by atoms with van der Waals surface area (Å²) in [4.78, 5) is 0.117. The summed E-state index contributed by atoms with van der Waals surface area (Å²) in [6, 6.07) is 3.09. The number of anilines is 1. The first-order valence-electron chi connectivity index (χ1n) is 5.36. The molecule has 19 heavy (non-hydrogen) atoms. The van der Waals surface area contributed by atoms with E-state index in [0.717, 1.165) is 0 Å². The minimum Gasteiger partial charge on any atom is -0.399 e. The van der Waals surface area contributed by atoms with Crippen LogP contribution in [0.25, 0.3) is 0 Å². The van der Waals surface area contributed by atoms with Crippen LogP contribution < -0.4 is 10.5 Å². The van der Waals surface area contributed by atoms with Crippen molar-refractivity contribution in [1.29, 1.82) is 0 Å². The van der Waals surface area contributed by atoms with E-state index in [1.54, 1.807) is 26.0 Å². The Balaban J connectivity index is 3.22. The molecule has 0 heterocycles. The van der Waals surface area contributed by atoms with Crippen molar-refractivity contribution in [1.82, 2.24) is 4.72 Å². The van der Waals surface area contributed by atoms with Crippen LogP contribution in [0, 0.1) is 0 Å². The first-order chi connectivity index (χ1) is 8.59. The minimum atomic E-state index is -3.70. The number of methoxy groups -OCH3 is 1. The Bertz CT molecular complexity index is 550. The van der Waals surface area contributed by atoms with Crippen molar-refractivity contribution in [3.05, 3.63) is 21.1 Å². The molecule has 5 nitrogen and oxygen atoms in total. The van der Waals surface area contributed by atoms with Gasteiger partial charge in [0.2, 0.25) is 10.0 Å². The van der Waals surface area contributed by atoms with Gasteiger partial charge in [0.25, 0.3) is 0 Å². The first-order valence-corrected chi connectivity index (χ1v) is 8.43. The Kier molecular flexibility index (Phi) is 5.42. The van der Waals surface area contributed by atoms with E-state index in [1.165, 1.54) is 7.11 Å². The van der Waals surface area contributed by atoms with Crippen LogP contribution >= 0.6 is 31.9 Å². The predicted octanol–water partition coefficient (Wildman–Crippen LogP) is 2.50. The van der Waals surface area contributed by atoms with Gasteiger partial charge in [-0.25, -0.2) is 13.1 Å². The molecule has 8 heteroatoms. The molecule has 0 aliphatic heterocycles. The molecule has 1 rings (SSSR count). The Morgan fingerprint density at radius 3 is 2.21 bits per heavy atom. The lowest BCUT2D eigenvalue weighted by molar-refractivity contribution is 0.141.